The van der Waals surface area contributed by atoms with Crippen LogP contribution in [0.5, 0.6) is 0 Å². The minimum atomic E-state index is -3.32. The first kappa shape index (κ1) is 13.4. The van der Waals surface area contributed by atoms with Crippen molar-refractivity contribution < 1.29 is 8.42 Å². The fourth-order valence-corrected chi connectivity index (χ4v) is 1.85. The summed E-state index contributed by atoms with van der Waals surface area (Å²) in [6.45, 7) is 0.377. The Morgan fingerprint density at radius 3 is 2.31 bits per heavy atom. The van der Waals surface area contributed by atoms with Gasteiger partial charge in [-0.05, 0) is 24.1 Å². The van der Waals surface area contributed by atoms with Gasteiger partial charge in [0.15, 0.2) is 0 Å². The van der Waals surface area contributed by atoms with Crippen LogP contribution in [0, 0.1) is 0 Å². The molecule has 0 spiro atoms. The second-order valence-electron chi connectivity index (χ2n) is 3.56. The number of hydrogen-bond acceptors (Lipinski definition) is 2. The highest BCUT2D eigenvalue weighted by Gasteiger charge is 2.11. The summed E-state index contributed by atoms with van der Waals surface area (Å²) in [6, 6.07) is 7.34. The highest BCUT2D eigenvalue weighted by molar-refractivity contribution is 7.87. The van der Waals surface area contributed by atoms with E-state index in [9.17, 15) is 8.42 Å². The molecule has 1 aromatic carbocycles. The van der Waals surface area contributed by atoms with Crippen LogP contribution in [0.4, 0.5) is 0 Å². The number of rotatable bonds is 5. The van der Waals surface area contributed by atoms with E-state index >= 15 is 0 Å². The van der Waals surface area contributed by atoms with Crippen LogP contribution in [0.15, 0.2) is 24.3 Å². The van der Waals surface area contributed by atoms with Gasteiger partial charge in [-0.15, -0.1) is 0 Å². The lowest BCUT2D eigenvalue weighted by molar-refractivity contribution is 0.506. The second kappa shape index (κ2) is 5.63. The molecule has 1 N–H and O–H groups in total. The summed E-state index contributed by atoms with van der Waals surface area (Å²) in [7, 11) is -0.338. The molecule has 0 amide bonds. The van der Waals surface area contributed by atoms with Gasteiger partial charge < -0.3 is 0 Å². The summed E-state index contributed by atoms with van der Waals surface area (Å²) in [6.07, 6.45) is 0.643. The Kier molecular flexibility index (Phi) is 4.73. The number of halogens is 1. The van der Waals surface area contributed by atoms with Crippen molar-refractivity contribution in [2.75, 3.05) is 20.6 Å². The molecule has 0 saturated carbocycles. The summed E-state index contributed by atoms with van der Waals surface area (Å²) >= 11 is 5.74. The van der Waals surface area contributed by atoms with Gasteiger partial charge in [-0.2, -0.15) is 12.7 Å². The molecule has 1 aromatic rings. The lowest BCUT2D eigenvalue weighted by atomic mass is 10.2. The minimum absolute atomic E-state index is 0.377. The molecule has 90 valence electrons. The van der Waals surface area contributed by atoms with Crippen molar-refractivity contribution in [3.8, 4) is 0 Å². The van der Waals surface area contributed by atoms with Crippen LogP contribution in [0.1, 0.15) is 5.56 Å². The zero-order chi connectivity index (χ0) is 12.2. The number of hydrogen-bond donors (Lipinski definition) is 1. The van der Waals surface area contributed by atoms with Crippen LogP contribution in [0.25, 0.3) is 0 Å². The van der Waals surface area contributed by atoms with Gasteiger partial charge in [0.1, 0.15) is 0 Å². The first-order valence-electron chi connectivity index (χ1n) is 4.83. The fraction of sp³-hybridized carbons (Fsp3) is 0.400. The Labute approximate surface area is 101 Å². The van der Waals surface area contributed by atoms with Crippen molar-refractivity contribution in [1.82, 2.24) is 9.03 Å². The smallest absolute Gasteiger partial charge is 0.202 e. The van der Waals surface area contributed by atoms with Crippen LogP contribution in [-0.4, -0.2) is 33.4 Å². The predicted octanol–water partition coefficient (Wildman–Crippen LogP) is 1.28. The van der Waals surface area contributed by atoms with Gasteiger partial charge >= 0.3 is 0 Å². The maximum atomic E-state index is 11.4. The molecule has 0 aliphatic heterocycles. The van der Waals surface area contributed by atoms with Gasteiger partial charge in [0.25, 0.3) is 10.2 Å². The van der Waals surface area contributed by atoms with Crippen molar-refractivity contribution in [1.29, 1.82) is 0 Å². The van der Waals surface area contributed by atoms with Crippen molar-refractivity contribution in [2.45, 2.75) is 6.42 Å². The summed E-state index contributed by atoms with van der Waals surface area (Å²) in [5.74, 6) is 0. The molecule has 16 heavy (non-hydrogen) atoms. The van der Waals surface area contributed by atoms with Crippen LogP contribution in [0.3, 0.4) is 0 Å². The largest absolute Gasteiger partial charge is 0.278 e. The van der Waals surface area contributed by atoms with E-state index in [-0.39, 0.29) is 0 Å². The summed E-state index contributed by atoms with van der Waals surface area (Å²) in [4.78, 5) is 0. The molecule has 0 atom stereocenters. The highest BCUT2D eigenvalue weighted by Crippen LogP contribution is 2.09. The Morgan fingerprint density at radius 1 is 1.25 bits per heavy atom. The molecule has 0 heterocycles. The van der Waals surface area contributed by atoms with Crippen LogP contribution in [-0.2, 0) is 16.6 Å². The van der Waals surface area contributed by atoms with Gasteiger partial charge in [-0.3, -0.25) is 0 Å². The van der Waals surface area contributed by atoms with Gasteiger partial charge in [0.05, 0.1) is 0 Å². The molecule has 0 saturated heterocycles. The zero-order valence-electron chi connectivity index (χ0n) is 9.27. The zero-order valence-corrected chi connectivity index (χ0v) is 10.8. The molecular formula is C10H15ClN2O2S. The van der Waals surface area contributed by atoms with Gasteiger partial charge in [0.2, 0.25) is 0 Å². The van der Waals surface area contributed by atoms with Crippen LogP contribution in [0.2, 0.25) is 5.02 Å². The summed E-state index contributed by atoms with van der Waals surface area (Å²) in [5.41, 5.74) is 1.05. The molecule has 0 aliphatic carbocycles. The van der Waals surface area contributed by atoms with E-state index in [0.717, 1.165) is 9.87 Å². The van der Waals surface area contributed by atoms with E-state index in [1.165, 1.54) is 14.1 Å². The Morgan fingerprint density at radius 2 is 1.81 bits per heavy atom. The monoisotopic (exact) mass is 262 g/mol. The average Bonchev–Trinajstić information content (AvgIpc) is 2.20. The Bertz CT molecular complexity index is 429. The van der Waals surface area contributed by atoms with Crippen LogP contribution < -0.4 is 4.72 Å². The molecular weight excluding hydrogens is 248 g/mol. The van der Waals surface area contributed by atoms with E-state index in [2.05, 4.69) is 4.72 Å². The molecule has 6 heteroatoms. The lowest BCUT2D eigenvalue weighted by Crippen LogP contribution is -2.36. The van der Waals surface area contributed by atoms with Crippen molar-refractivity contribution in [3.05, 3.63) is 34.9 Å². The number of nitrogens with one attached hydrogen (secondary N) is 1. The van der Waals surface area contributed by atoms with Crippen molar-refractivity contribution in [3.63, 3.8) is 0 Å². The van der Waals surface area contributed by atoms with E-state index in [1.807, 2.05) is 12.1 Å². The predicted molar refractivity (Wildman–Crippen MR) is 65.8 cm³/mol. The SMILES string of the molecule is CN(C)S(=O)(=O)NCCc1ccc(Cl)cc1. The normalized spacial score (nSPS) is 12.0. The third-order valence-corrected chi connectivity index (χ3v) is 3.87. The molecule has 0 fully saturated rings. The van der Waals surface area contributed by atoms with Crippen LogP contribution >= 0.6 is 11.6 Å². The fourth-order valence-electron chi connectivity index (χ4n) is 1.10. The maximum absolute atomic E-state index is 11.4. The van der Waals surface area contributed by atoms with E-state index < -0.39 is 10.2 Å². The second-order valence-corrected chi connectivity index (χ2v) is 5.96. The lowest BCUT2D eigenvalue weighted by Gasteiger charge is -2.12. The molecule has 0 unspecified atom stereocenters. The molecule has 1 rings (SSSR count). The Hall–Kier alpha value is -0.620. The van der Waals surface area contributed by atoms with E-state index in [4.69, 9.17) is 11.6 Å². The number of benzene rings is 1. The standard InChI is InChI=1S/C10H15ClN2O2S/c1-13(2)16(14,15)12-8-7-9-3-5-10(11)6-4-9/h3-6,12H,7-8H2,1-2H3. The van der Waals surface area contributed by atoms with Crippen molar-refractivity contribution >= 4 is 21.8 Å². The minimum Gasteiger partial charge on any atom is -0.202 e. The third-order valence-electron chi connectivity index (χ3n) is 2.09. The van der Waals surface area contributed by atoms with Crippen molar-refractivity contribution in [2.24, 2.45) is 0 Å². The Balaban J connectivity index is 2.45. The third kappa shape index (κ3) is 4.09. The summed E-state index contributed by atoms with van der Waals surface area (Å²) < 4.78 is 26.4. The molecule has 0 aromatic heterocycles. The van der Waals surface area contributed by atoms with Gasteiger partial charge in [-0.1, -0.05) is 23.7 Å². The molecule has 4 nitrogen and oxygen atoms in total. The topological polar surface area (TPSA) is 49.4 Å². The highest BCUT2D eigenvalue weighted by atomic mass is 35.5. The van der Waals surface area contributed by atoms with E-state index in [0.29, 0.717) is 18.0 Å². The van der Waals surface area contributed by atoms with E-state index in [1.54, 1.807) is 12.1 Å². The average molecular weight is 263 g/mol. The first-order chi connectivity index (χ1) is 7.42. The summed E-state index contributed by atoms with van der Waals surface area (Å²) in [5, 5.41) is 0.678. The molecule has 0 bridgehead atoms. The maximum Gasteiger partial charge on any atom is 0.278 e. The molecule has 0 radical (unpaired) electrons. The number of nitrogens with zero attached hydrogens (tertiary/aromatic N) is 1. The van der Waals surface area contributed by atoms with Gasteiger partial charge in [0, 0.05) is 25.7 Å². The quantitative estimate of drug-likeness (QED) is 0.869. The van der Waals surface area contributed by atoms with Gasteiger partial charge in [-0.25, -0.2) is 4.72 Å². The molecule has 0 aliphatic rings. The first-order valence-corrected chi connectivity index (χ1v) is 6.65.